The van der Waals surface area contributed by atoms with E-state index in [4.69, 9.17) is 4.74 Å². The second-order valence-corrected chi connectivity index (χ2v) is 7.79. The zero-order chi connectivity index (χ0) is 15.2. The summed E-state index contributed by atoms with van der Waals surface area (Å²) in [4.78, 5) is 0. The fraction of sp³-hybridized carbons (Fsp3) is 0.647. The van der Waals surface area contributed by atoms with Crippen LogP contribution < -0.4 is 10.1 Å². The number of rotatable bonds is 7. The Kier molecular flexibility index (Phi) is 6.24. The number of benzene rings is 1. The third-order valence-corrected chi connectivity index (χ3v) is 5.88. The van der Waals surface area contributed by atoms with E-state index in [2.05, 4.69) is 17.4 Å². The molecule has 2 rings (SSSR count). The van der Waals surface area contributed by atoms with Gasteiger partial charge in [-0.3, -0.25) is 4.21 Å². The van der Waals surface area contributed by atoms with Gasteiger partial charge in [0.05, 0.1) is 6.10 Å². The molecule has 3 nitrogen and oxygen atoms in total. The summed E-state index contributed by atoms with van der Waals surface area (Å²) in [5, 5.41) is 3.71. The Bertz CT molecular complexity index is 452. The fourth-order valence-electron chi connectivity index (χ4n) is 2.85. The van der Waals surface area contributed by atoms with Crippen LogP contribution in [0.15, 0.2) is 24.3 Å². The highest BCUT2D eigenvalue weighted by Gasteiger charge is 2.24. The molecule has 1 fully saturated rings. The summed E-state index contributed by atoms with van der Waals surface area (Å²) in [6.45, 7) is 4.05. The summed E-state index contributed by atoms with van der Waals surface area (Å²) in [7, 11) is 1.21. The van der Waals surface area contributed by atoms with Crippen molar-refractivity contribution in [3.05, 3.63) is 29.8 Å². The molecule has 0 bridgehead atoms. The molecule has 1 N–H and O–H groups in total. The van der Waals surface area contributed by atoms with Crippen molar-refractivity contribution in [2.45, 2.75) is 56.9 Å². The second kappa shape index (κ2) is 7.95. The van der Waals surface area contributed by atoms with Gasteiger partial charge in [0.25, 0.3) is 0 Å². The van der Waals surface area contributed by atoms with Crippen molar-refractivity contribution < 1.29 is 8.95 Å². The predicted molar refractivity (Wildman–Crippen MR) is 89.3 cm³/mol. The van der Waals surface area contributed by atoms with Crippen LogP contribution >= 0.6 is 0 Å². The predicted octanol–water partition coefficient (Wildman–Crippen LogP) is 3.43. The van der Waals surface area contributed by atoms with Crippen molar-refractivity contribution in [3.8, 4) is 5.75 Å². The van der Waals surface area contributed by atoms with Crippen LogP contribution in [-0.4, -0.2) is 28.4 Å². The second-order valence-electron chi connectivity index (χ2n) is 6.03. The van der Waals surface area contributed by atoms with Gasteiger partial charge in [0.1, 0.15) is 5.75 Å². The number of hydrogen-bond donors (Lipinski definition) is 1. The molecule has 0 aliphatic heterocycles. The Labute approximate surface area is 130 Å². The molecule has 1 saturated carbocycles. The SMILES string of the molecule is CNC(CS(=O)C1CCCC1)c1ccc(OC(C)C)cc1. The Morgan fingerprint density at radius 1 is 1.24 bits per heavy atom. The smallest absolute Gasteiger partial charge is 0.119 e. The lowest BCUT2D eigenvalue weighted by Gasteiger charge is -2.19. The van der Waals surface area contributed by atoms with Crippen molar-refractivity contribution in [3.63, 3.8) is 0 Å². The van der Waals surface area contributed by atoms with Crippen molar-refractivity contribution in [2.75, 3.05) is 12.8 Å². The van der Waals surface area contributed by atoms with Gasteiger partial charge in [-0.05, 0) is 51.4 Å². The first kappa shape index (κ1) is 16.5. The van der Waals surface area contributed by atoms with Crippen LogP contribution in [0.25, 0.3) is 0 Å². The zero-order valence-electron chi connectivity index (χ0n) is 13.3. The lowest BCUT2D eigenvalue weighted by atomic mass is 10.1. The molecule has 0 amide bonds. The molecule has 1 aliphatic carbocycles. The first-order valence-corrected chi connectivity index (χ1v) is 9.29. The van der Waals surface area contributed by atoms with E-state index in [1.54, 1.807) is 0 Å². The lowest BCUT2D eigenvalue weighted by molar-refractivity contribution is 0.242. The molecule has 0 aromatic heterocycles. The molecule has 2 unspecified atom stereocenters. The topological polar surface area (TPSA) is 38.3 Å². The van der Waals surface area contributed by atoms with Crippen LogP contribution in [0.1, 0.15) is 51.1 Å². The van der Waals surface area contributed by atoms with Gasteiger partial charge in [0, 0.05) is 27.8 Å². The zero-order valence-corrected chi connectivity index (χ0v) is 14.1. The lowest BCUT2D eigenvalue weighted by Crippen LogP contribution is -2.26. The van der Waals surface area contributed by atoms with Gasteiger partial charge in [-0.1, -0.05) is 25.0 Å². The summed E-state index contributed by atoms with van der Waals surface area (Å²) in [6, 6.07) is 8.30. The largest absolute Gasteiger partial charge is 0.491 e. The Morgan fingerprint density at radius 2 is 1.86 bits per heavy atom. The molecule has 21 heavy (non-hydrogen) atoms. The normalized spacial score (nSPS) is 18.9. The van der Waals surface area contributed by atoms with Gasteiger partial charge in [0.2, 0.25) is 0 Å². The maximum absolute atomic E-state index is 12.4. The average Bonchev–Trinajstić information content (AvgIpc) is 2.99. The van der Waals surface area contributed by atoms with E-state index in [1.165, 1.54) is 18.4 Å². The maximum atomic E-state index is 12.4. The molecule has 118 valence electrons. The molecular weight excluding hydrogens is 282 g/mol. The van der Waals surface area contributed by atoms with Crippen LogP contribution in [-0.2, 0) is 10.8 Å². The number of nitrogens with one attached hydrogen (secondary N) is 1. The summed E-state index contributed by atoms with van der Waals surface area (Å²) in [5.41, 5.74) is 1.18. The van der Waals surface area contributed by atoms with E-state index in [1.807, 2.05) is 33.0 Å². The fourth-order valence-corrected chi connectivity index (χ4v) is 4.67. The minimum absolute atomic E-state index is 0.152. The summed E-state index contributed by atoms with van der Waals surface area (Å²) >= 11 is 0. The van der Waals surface area contributed by atoms with E-state index >= 15 is 0 Å². The molecule has 4 heteroatoms. The Balaban J connectivity index is 1.98. The molecule has 1 aliphatic rings. The Hall–Kier alpha value is -0.870. The van der Waals surface area contributed by atoms with E-state index < -0.39 is 10.8 Å². The molecule has 2 atom stereocenters. The standard InChI is InChI=1S/C17H27NO2S/c1-13(2)20-15-10-8-14(9-11-15)17(18-3)12-21(19)16-6-4-5-7-16/h8-11,13,16-18H,4-7,12H2,1-3H3. The average molecular weight is 309 g/mol. The van der Waals surface area contributed by atoms with E-state index in [9.17, 15) is 4.21 Å². The highest BCUT2D eigenvalue weighted by Crippen LogP contribution is 2.26. The van der Waals surface area contributed by atoms with Gasteiger partial charge in [-0.15, -0.1) is 0 Å². The molecular formula is C17H27NO2S. The van der Waals surface area contributed by atoms with Crippen LogP contribution in [0.5, 0.6) is 5.75 Å². The highest BCUT2D eigenvalue weighted by molar-refractivity contribution is 7.85. The van der Waals surface area contributed by atoms with E-state index in [-0.39, 0.29) is 12.1 Å². The molecule has 1 aromatic carbocycles. The third-order valence-electron chi connectivity index (χ3n) is 4.01. The summed E-state index contributed by atoms with van der Waals surface area (Å²) in [6.07, 6.45) is 4.92. The highest BCUT2D eigenvalue weighted by atomic mass is 32.2. The van der Waals surface area contributed by atoms with Crippen molar-refractivity contribution >= 4 is 10.8 Å². The summed E-state index contributed by atoms with van der Waals surface area (Å²) < 4.78 is 18.1. The number of ether oxygens (including phenoxy) is 1. The molecule has 0 heterocycles. The minimum Gasteiger partial charge on any atom is -0.491 e. The van der Waals surface area contributed by atoms with E-state index in [0.717, 1.165) is 18.6 Å². The first-order chi connectivity index (χ1) is 10.1. The quantitative estimate of drug-likeness (QED) is 0.838. The first-order valence-electron chi connectivity index (χ1n) is 7.91. The van der Waals surface area contributed by atoms with Gasteiger partial charge in [-0.25, -0.2) is 0 Å². The maximum Gasteiger partial charge on any atom is 0.119 e. The van der Waals surface area contributed by atoms with E-state index in [0.29, 0.717) is 11.0 Å². The van der Waals surface area contributed by atoms with Gasteiger partial charge in [0.15, 0.2) is 0 Å². The Morgan fingerprint density at radius 3 is 2.38 bits per heavy atom. The summed E-state index contributed by atoms with van der Waals surface area (Å²) in [5.74, 6) is 1.59. The van der Waals surface area contributed by atoms with Crippen molar-refractivity contribution in [1.82, 2.24) is 5.32 Å². The van der Waals surface area contributed by atoms with Gasteiger partial charge in [-0.2, -0.15) is 0 Å². The van der Waals surface area contributed by atoms with Gasteiger partial charge >= 0.3 is 0 Å². The third kappa shape index (κ3) is 4.82. The monoisotopic (exact) mass is 309 g/mol. The van der Waals surface area contributed by atoms with Crippen molar-refractivity contribution in [1.29, 1.82) is 0 Å². The molecule has 0 radical (unpaired) electrons. The van der Waals surface area contributed by atoms with Crippen LogP contribution in [0.2, 0.25) is 0 Å². The molecule has 1 aromatic rings. The minimum atomic E-state index is -0.734. The number of hydrogen-bond acceptors (Lipinski definition) is 3. The van der Waals surface area contributed by atoms with Crippen LogP contribution in [0.4, 0.5) is 0 Å². The van der Waals surface area contributed by atoms with Crippen LogP contribution in [0.3, 0.4) is 0 Å². The molecule has 0 saturated heterocycles. The van der Waals surface area contributed by atoms with Crippen LogP contribution in [0, 0.1) is 0 Å². The van der Waals surface area contributed by atoms with Crippen molar-refractivity contribution in [2.24, 2.45) is 0 Å². The molecule has 0 spiro atoms. The van der Waals surface area contributed by atoms with Gasteiger partial charge < -0.3 is 10.1 Å².